The summed E-state index contributed by atoms with van der Waals surface area (Å²) >= 11 is 0. The number of nitrogens with zero attached hydrogens (tertiary/aromatic N) is 1. The molecular weight excluding hydrogens is 254 g/mol. The molecule has 0 atom stereocenters. The number of hydrogen-bond donors (Lipinski definition) is 1. The van der Waals surface area contributed by atoms with Gasteiger partial charge in [0.2, 0.25) is 10.0 Å². The van der Waals surface area contributed by atoms with E-state index in [1.165, 1.54) is 29.4 Å². The lowest BCUT2D eigenvalue weighted by atomic mass is 10.1. The molecule has 1 aromatic rings. The van der Waals surface area contributed by atoms with Crippen molar-refractivity contribution in [1.82, 2.24) is 4.31 Å². The quantitative estimate of drug-likeness (QED) is 0.898. The lowest BCUT2D eigenvalue weighted by molar-refractivity contribution is 0.0696. The van der Waals surface area contributed by atoms with E-state index in [1.54, 1.807) is 7.05 Å². The van der Waals surface area contributed by atoms with Gasteiger partial charge >= 0.3 is 5.97 Å². The summed E-state index contributed by atoms with van der Waals surface area (Å²) in [5, 5.41) is 9.01. The van der Waals surface area contributed by atoms with Gasteiger partial charge in [-0.15, -0.1) is 0 Å². The molecule has 1 N–H and O–H groups in total. The Hall–Kier alpha value is -1.40. The molecule has 2 rings (SSSR count). The fourth-order valence-electron chi connectivity index (χ4n) is 1.92. The van der Waals surface area contributed by atoms with E-state index in [2.05, 4.69) is 0 Å². The number of sulfonamides is 1. The summed E-state index contributed by atoms with van der Waals surface area (Å²) in [4.78, 5) is 11.1. The van der Waals surface area contributed by atoms with Gasteiger partial charge in [0.1, 0.15) is 0 Å². The van der Waals surface area contributed by atoms with E-state index in [0.29, 0.717) is 0 Å². The summed E-state index contributed by atoms with van der Waals surface area (Å²) in [5.41, 5.74) is 0.317. The average Bonchev–Trinajstić information content (AvgIpc) is 3.11. The lowest BCUT2D eigenvalue weighted by Gasteiger charge is -2.18. The molecule has 0 spiro atoms. The molecule has 1 saturated carbocycles. The minimum atomic E-state index is -3.59. The Morgan fingerprint density at radius 1 is 1.39 bits per heavy atom. The Kier molecular flexibility index (Phi) is 3.16. The molecule has 1 aliphatic rings. The molecule has 0 unspecified atom stereocenters. The molecule has 6 heteroatoms. The predicted molar refractivity (Wildman–Crippen MR) is 66.1 cm³/mol. The van der Waals surface area contributed by atoms with E-state index in [4.69, 9.17) is 5.11 Å². The van der Waals surface area contributed by atoms with Gasteiger partial charge in [0.25, 0.3) is 0 Å². The zero-order valence-corrected chi connectivity index (χ0v) is 11.1. The van der Waals surface area contributed by atoms with E-state index in [1.807, 2.05) is 0 Å². The Morgan fingerprint density at radius 3 is 2.50 bits per heavy atom. The van der Waals surface area contributed by atoms with Crippen LogP contribution in [-0.2, 0) is 10.0 Å². The SMILES string of the molecule is Cc1c(C(=O)O)cccc1S(=O)(=O)N(C)C1CC1. The zero-order chi connectivity index (χ0) is 13.5. The number of carboxylic acid groups (broad SMARTS) is 1. The number of carboxylic acids is 1. The van der Waals surface area contributed by atoms with Crippen LogP contribution in [0.3, 0.4) is 0 Å². The molecule has 18 heavy (non-hydrogen) atoms. The van der Waals surface area contributed by atoms with Crippen LogP contribution in [0.25, 0.3) is 0 Å². The summed E-state index contributed by atoms with van der Waals surface area (Å²) < 4.78 is 26.0. The number of hydrogen-bond acceptors (Lipinski definition) is 3. The molecule has 0 amide bonds. The third kappa shape index (κ3) is 2.13. The van der Waals surface area contributed by atoms with Crippen molar-refractivity contribution in [3.8, 4) is 0 Å². The Morgan fingerprint density at radius 2 is 2.00 bits per heavy atom. The van der Waals surface area contributed by atoms with E-state index in [9.17, 15) is 13.2 Å². The maximum Gasteiger partial charge on any atom is 0.335 e. The predicted octanol–water partition coefficient (Wildman–Crippen LogP) is 1.48. The van der Waals surface area contributed by atoms with Crippen LogP contribution < -0.4 is 0 Å². The summed E-state index contributed by atoms with van der Waals surface area (Å²) in [6.45, 7) is 1.52. The molecule has 0 bridgehead atoms. The van der Waals surface area contributed by atoms with E-state index >= 15 is 0 Å². The van der Waals surface area contributed by atoms with Gasteiger partial charge in [-0.2, -0.15) is 4.31 Å². The fraction of sp³-hybridized carbons (Fsp3) is 0.417. The number of aromatic carboxylic acids is 1. The van der Waals surface area contributed by atoms with Crippen LogP contribution in [0.5, 0.6) is 0 Å². The lowest BCUT2D eigenvalue weighted by Crippen LogP contribution is -2.29. The number of rotatable bonds is 4. The van der Waals surface area contributed by atoms with Crippen LogP contribution in [0.1, 0.15) is 28.8 Å². The normalized spacial score (nSPS) is 15.9. The third-order valence-electron chi connectivity index (χ3n) is 3.23. The van der Waals surface area contributed by atoms with Crippen molar-refractivity contribution in [2.45, 2.75) is 30.7 Å². The van der Waals surface area contributed by atoms with Crippen LogP contribution >= 0.6 is 0 Å². The highest BCUT2D eigenvalue weighted by molar-refractivity contribution is 7.89. The standard InChI is InChI=1S/C12H15NO4S/c1-8-10(12(14)15)4-3-5-11(8)18(16,17)13(2)9-6-7-9/h3-5,9H,6-7H2,1-2H3,(H,14,15). The van der Waals surface area contributed by atoms with Crippen molar-refractivity contribution in [3.05, 3.63) is 29.3 Å². The second-order valence-electron chi connectivity index (χ2n) is 4.49. The van der Waals surface area contributed by atoms with Gasteiger partial charge in [0, 0.05) is 13.1 Å². The highest BCUT2D eigenvalue weighted by atomic mass is 32.2. The smallest absolute Gasteiger partial charge is 0.335 e. The molecule has 0 saturated heterocycles. The first-order valence-electron chi connectivity index (χ1n) is 5.66. The molecule has 1 aliphatic carbocycles. The minimum absolute atomic E-state index is 0.0280. The molecule has 0 aromatic heterocycles. The van der Waals surface area contributed by atoms with Crippen molar-refractivity contribution in [2.75, 3.05) is 7.05 Å². The summed E-state index contributed by atoms with van der Waals surface area (Å²) in [6, 6.07) is 4.39. The van der Waals surface area contributed by atoms with Crippen LogP contribution in [0.4, 0.5) is 0 Å². The second-order valence-corrected chi connectivity index (χ2v) is 6.45. The monoisotopic (exact) mass is 269 g/mol. The molecular formula is C12H15NO4S. The van der Waals surface area contributed by atoms with E-state index < -0.39 is 16.0 Å². The average molecular weight is 269 g/mol. The Labute approximate surface area is 106 Å². The van der Waals surface area contributed by atoms with E-state index in [-0.39, 0.29) is 22.1 Å². The zero-order valence-electron chi connectivity index (χ0n) is 10.3. The minimum Gasteiger partial charge on any atom is -0.478 e. The van der Waals surface area contributed by atoms with Crippen LogP contribution in [0, 0.1) is 6.92 Å². The summed E-state index contributed by atoms with van der Waals surface area (Å²) in [6.07, 6.45) is 1.74. The van der Waals surface area contributed by atoms with E-state index in [0.717, 1.165) is 12.8 Å². The Balaban J connectivity index is 2.51. The Bertz CT molecular complexity index is 590. The highest BCUT2D eigenvalue weighted by Gasteiger charge is 2.36. The molecule has 5 nitrogen and oxygen atoms in total. The first-order valence-corrected chi connectivity index (χ1v) is 7.10. The molecule has 0 heterocycles. The van der Waals surface area contributed by atoms with Crippen LogP contribution in [0.15, 0.2) is 23.1 Å². The van der Waals surface area contributed by atoms with Gasteiger partial charge < -0.3 is 5.11 Å². The van der Waals surface area contributed by atoms with Crippen molar-refractivity contribution < 1.29 is 18.3 Å². The summed E-state index contributed by atoms with van der Waals surface area (Å²) in [5.74, 6) is -1.11. The van der Waals surface area contributed by atoms with Gasteiger partial charge in [-0.05, 0) is 37.5 Å². The highest BCUT2D eigenvalue weighted by Crippen LogP contribution is 2.31. The van der Waals surface area contributed by atoms with Gasteiger partial charge in [-0.25, -0.2) is 13.2 Å². The maximum absolute atomic E-state index is 12.3. The number of benzene rings is 1. The topological polar surface area (TPSA) is 74.7 Å². The van der Waals surface area contributed by atoms with Crippen LogP contribution in [0.2, 0.25) is 0 Å². The molecule has 98 valence electrons. The van der Waals surface area contributed by atoms with Gasteiger partial charge in [-0.3, -0.25) is 0 Å². The maximum atomic E-state index is 12.3. The fourth-order valence-corrected chi connectivity index (χ4v) is 3.58. The second kappa shape index (κ2) is 4.37. The molecule has 1 aromatic carbocycles. The van der Waals surface area contributed by atoms with Gasteiger partial charge in [0.15, 0.2) is 0 Å². The molecule has 1 fully saturated rings. The van der Waals surface area contributed by atoms with Crippen molar-refractivity contribution in [1.29, 1.82) is 0 Å². The molecule has 0 aliphatic heterocycles. The first kappa shape index (κ1) is 13.0. The largest absolute Gasteiger partial charge is 0.478 e. The van der Waals surface area contributed by atoms with Gasteiger partial charge in [0.05, 0.1) is 10.5 Å². The summed E-state index contributed by atoms with van der Waals surface area (Å²) in [7, 11) is -2.05. The molecule has 0 radical (unpaired) electrons. The van der Waals surface area contributed by atoms with Crippen molar-refractivity contribution in [3.63, 3.8) is 0 Å². The van der Waals surface area contributed by atoms with Crippen molar-refractivity contribution in [2.24, 2.45) is 0 Å². The number of carbonyl (C=O) groups is 1. The van der Waals surface area contributed by atoms with Crippen molar-refractivity contribution >= 4 is 16.0 Å². The first-order chi connectivity index (χ1) is 8.35. The van der Waals surface area contributed by atoms with Gasteiger partial charge in [-0.1, -0.05) is 6.07 Å². The van der Waals surface area contributed by atoms with Crippen LogP contribution in [-0.4, -0.2) is 36.9 Å². The third-order valence-corrected chi connectivity index (χ3v) is 5.29.